The van der Waals surface area contributed by atoms with Crippen LogP contribution in [0.25, 0.3) is 0 Å². The number of benzene rings is 1. The van der Waals surface area contributed by atoms with Gasteiger partial charge >= 0.3 is 0 Å². The highest BCUT2D eigenvalue weighted by molar-refractivity contribution is 5.84. The molecule has 1 rings (SSSR count). The van der Waals surface area contributed by atoms with Gasteiger partial charge in [0.05, 0.1) is 6.04 Å². The normalized spacial score (nSPS) is 12.7. The first-order chi connectivity index (χ1) is 13.0. The highest BCUT2D eigenvalue weighted by Crippen LogP contribution is 2.19. The number of nitrogens with one attached hydrogen (secondary N) is 2. The van der Waals surface area contributed by atoms with Crippen molar-refractivity contribution in [2.24, 2.45) is 4.99 Å². The SMILES string of the molecule is CCCCNC(=NCC(=O)N(C)C)NCC(c1ccccc1)N(CC)CC. The number of rotatable bonds is 11. The molecular formula is C21H37N5O. The summed E-state index contributed by atoms with van der Waals surface area (Å²) in [6.07, 6.45) is 2.18. The van der Waals surface area contributed by atoms with Crippen molar-refractivity contribution in [3.8, 4) is 0 Å². The van der Waals surface area contributed by atoms with E-state index in [2.05, 4.69) is 65.6 Å². The van der Waals surface area contributed by atoms with Crippen LogP contribution in [-0.2, 0) is 4.79 Å². The molecule has 1 unspecified atom stereocenters. The topological polar surface area (TPSA) is 60.0 Å². The predicted molar refractivity (Wildman–Crippen MR) is 114 cm³/mol. The van der Waals surface area contributed by atoms with Gasteiger partial charge in [-0.3, -0.25) is 9.69 Å². The Balaban J connectivity index is 2.85. The molecule has 0 aliphatic heterocycles. The predicted octanol–water partition coefficient (Wildman–Crippen LogP) is 2.49. The molecule has 0 fully saturated rings. The number of hydrogen-bond acceptors (Lipinski definition) is 3. The zero-order valence-corrected chi connectivity index (χ0v) is 17.7. The Morgan fingerprint density at radius 2 is 1.74 bits per heavy atom. The Morgan fingerprint density at radius 1 is 1.07 bits per heavy atom. The van der Waals surface area contributed by atoms with Gasteiger partial charge in [0.1, 0.15) is 6.54 Å². The highest BCUT2D eigenvalue weighted by atomic mass is 16.2. The Hall–Kier alpha value is -2.08. The van der Waals surface area contributed by atoms with Crippen molar-refractivity contribution < 1.29 is 4.79 Å². The van der Waals surface area contributed by atoms with E-state index in [1.165, 1.54) is 5.56 Å². The summed E-state index contributed by atoms with van der Waals surface area (Å²) >= 11 is 0. The van der Waals surface area contributed by atoms with Crippen molar-refractivity contribution >= 4 is 11.9 Å². The van der Waals surface area contributed by atoms with Crippen LogP contribution >= 0.6 is 0 Å². The summed E-state index contributed by atoms with van der Waals surface area (Å²) in [7, 11) is 3.50. The Kier molecular flexibility index (Phi) is 11.2. The van der Waals surface area contributed by atoms with Crippen molar-refractivity contribution in [3.05, 3.63) is 35.9 Å². The Morgan fingerprint density at radius 3 is 2.30 bits per heavy atom. The van der Waals surface area contributed by atoms with Crippen molar-refractivity contribution in [3.63, 3.8) is 0 Å². The minimum Gasteiger partial charge on any atom is -0.356 e. The second-order valence-electron chi connectivity index (χ2n) is 6.76. The lowest BCUT2D eigenvalue weighted by molar-refractivity contribution is -0.127. The zero-order chi connectivity index (χ0) is 20.1. The smallest absolute Gasteiger partial charge is 0.243 e. The molecule has 6 nitrogen and oxygen atoms in total. The van der Waals surface area contributed by atoms with Crippen LogP contribution in [0.1, 0.15) is 45.2 Å². The van der Waals surface area contributed by atoms with Crippen molar-refractivity contribution in [2.45, 2.75) is 39.7 Å². The minimum atomic E-state index is -0.00468. The third-order valence-corrected chi connectivity index (χ3v) is 4.59. The third-order valence-electron chi connectivity index (χ3n) is 4.59. The van der Waals surface area contributed by atoms with Gasteiger partial charge in [0.15, 0.2) is 5.96 Å². The first-order valence-corrected chi connectivity index (χ1v) is 10.0. The van der Waals surface area contributed by atoms with Crippen molar-refractivity contribution in [1.29, 1.82) is 0 Å². The third kappa shape index (κ3) is 8.43. The monoisotopic (exact) mass is 375 g/mol. The number of unbranched alkanes of at least 4 members (excludes halogenated alkanes) is 1. The van der Waals surface area contributed by atoms with Gasteiger partial charge in [-0.2, -0.15) is 0 Å². The van der Waals surface area contributed by atoms with E-state index in [1.54, 1.807) is 19.0 Å². The van der Waals surface area contributed by atoms with E-state index in [4.69, 9.17) is 0 Å². The summed E-state index contributed by atoms with van der Waals surface area (Å²) in [6, 6.07) is 10.8. The number of nitrogens with zero attached hydrogens (tertiary/aromatic N) is 3. The summed E-state index contributed by atoms with van der Waals surface area (Å²) in [5, 5.41) is 6.79. The molecule has 0 saturated carbocycles. The van der Waals surface area contributed by atoms with E-state index in [1.807, 2.05) is 6.07 Å². The number of carbonyl (C=O) groups is 1. The highest BCUT2D eigenvalue weighted by Gasteiger charge is 2.18. The molecular weight excluding hydrogens is 338 g/mol. The van der Waals surface area contributed by atoms with E-state index >= 15 is 0 Å². The molecule has 1 atom stereocenters. The second kappa shape index (κ2) is 13.1. The van der Waals surface area contributed by atoms with Crippen molar-refractivity contribution in [1.82, 2.24) is 20.4 Å². The Labute approximate surface area is 165 Å². The maximum absolute atomic E-state index is 11.9. The average molecular weight is 376 g/mol. The number of amides is 1. The molecule has 0 aliphatic rings. The van der Waals surface area contributed by atoms with Crippen molar-refractivity contribution in [2.75, 3.05) is 46.8 Å². The molecule has 0 aromatic heterocycles. The molecule has 0 radical (unpaired) electrons. The fourth-order valence-electron chi connectivity index (χ4n) is 2.84. The number of carbonyl (C=O) groups excluding carboxylic acids is 1. The first-order valence-electron chi connectivity index (χ1n) is 10.0. The molecule has 1 aromatic rings. The lowest BCUT2D eigenvalue weighted by Crippen LogP contribution is -2.44. The molecule has 0 saturated heterocycles. The summed E-state index contributed by atoms with van der Waals surface area (Å²) in [4.78, 5) is 20.4. The van der Waals surface area contributed by atoms with Gasteiger partial charge in [0.25, 0.3) is 0 Å². The van der Waals surface area contributed by atoms with E-state index in [0.29, 0.717) is 5.96 Å². The number of aliphatic imine (C=N–C) groups is 1. The zero-order valence-electron chi connectivity index (χ0n) is 17.7. The molecule has 0 aliphatic carbocycles. The van der Waals surface area contributed by atoms with Crippen LogP contribution < -0.4 is 10.6 Å². The van der Waals surface area contributed by atoms with E-state index in [0.717, 1.165) is 39.0 Å². The largest absolute Gasteiger partial charge is 0.356 e. The molecule has 0 bridgehead atoms. The van der Waals surface area contributed by atoms with E-state index in [9.17, 15) is 4.79 Å². The number of likely N-dealkylation sites (N-methyl/N-ethyl adjacent to an activating group) is 2. The lowest BCUT2D eigenvalue weighted by Gasteiger charge is -2.31. The van der Waals surface area contributed by atoms with Gasteiger partial charge < -0.3 is 15.5 Å². The molecule has 0 heterocycles. The van der Waals surface area contributed by atoms with Crippen LogP contribution in [0.5, 0.6) is 0 Å². The van der Waals surface area contributed by atoms with E-state index in [-0.39, 0.29) is 18.5 Å². The molecule has 1 aromatic carbocycles. The molecule has 6 heteroatoms. The van der Waals surface area contributed by atoms with Gasteiger partial charge in [-0.05, 0) is 25.1 Å². The summed E-state index contributed by atoms with van der Waals surface area (Å²) in [5.41, 5.74) is 1.28. The van der Waals surface area contributed by atoms with Crippen LogP contribution in [0.15, 0.2) is 35.3 Å². The van der Waals surface area contributed by atoms with Gasteiger partial charge in [-0.1, -0.05) is 57.5 Å². The molecule has 27 heavy (non-hydrogen) atoms. The van der Waals surface area contributed by atoms with Crippen LogP contribution in [0.3, 0.4) is 0 Å². The fourth-order valence-corrected chi connectivity index (χ4v) is 2.84. The second-order valence-corrected chi connectivity index (χ2v) is 6.76. The maximum Gasteiger partial charge on any atom is 0.243 e. The first kappa shape index (κ1) is 23.0. The lowest BCUT2D eigenvalue weighted by atomic mass is 10.1. The summed E-state index contributed by atoms with van der Waals surface area (Å²) in [5.74, 6) is 0.696. The average Bonchev–Trinajstić information content (AvgIpc) is 2.69. The molecule has 0 spiro atoms. The Bertz CT molecular complexity index is 555. The summed E-state index contributed by atoms with van der Waals surface area (Å²) < 4.78 is 0. The van der Waals surface area contributed by atoms with Crippen LogP contribution in [-0.4, -0.2) is 68.5 Å². The number of hydrogen-bond donors (Lipinski definition) is 2. The van der Waals surface area contributed by atoms with Gasteiger partial charge in [-0.25, -0.2) is 4.99 Å². The molecule has 2 N–H and O–H groups in total. The standard InChI is InChI=1S/C21H37N5O/c1-6-9-15-22-21(24-17-20(27)25(4)5)23-16-19(26(7-2)8-3)18-13-11-10-12-14-18/h10-14,19H,6-9,15-17H2,1-5H3,(H2,22,23,24). The minimum absolute atomic E-state index is 0.00468. The maximum atomic E-state index is 11.9. The summed E-state index contributed by atoms with van der Waals surface area (Å²) in [6.45, 7) is 10.2. The van der Waals surface area contributed by atoms with Crippen LogP contribution in [0, 0.1) is 0 Å². The van der Waals surface area contributed by atoms with Gasteiger partial charge in [-0.15, -0.1) is 0 Å². The van der Waals surface area contributed by atoms with E-state index < -0.39 is 0 Å². The van der Waals surface area contributed by atoms with Gasteiger partial charge in [0.2, 0.25) is 5.91 Å². The van der Waals surface area contributed by atoms with Crippen LogP contribution in [0.2, 0.25) is 0 Å². The quantitative estimate of drug-likeness (QED) is 0.354. The number of guanidine groups is 1. The molecule has 152 valence electrons. The molecule has 1 amide bonds. The fraction of sp³-hybridized carbons (Fsp3) is 0.619. The van der Waals surface area contributed by atoms with Gasteiger partial charge in [0, 0.05) is 27.2 Å². The van der Waals surface area contributed by atoms with Crippen LogP contribution in [0.4, 0.5) is 0 Å².